The second-order valence-electron chi connectivity index (χ2n) is 5.40. The number of hydrogen-bond acceptors (Lipinski definition) is 3. The summed E-state index contributed by atoms with van der Waals surface area (Å²) in [6, 6.07) is 8.61. The second-order valence-corrected chi connectivity index (χ2v) is 5.40. The highest BCUT2D eigenvalue weighted by Crippen LogP contribution is 2.31. The first-order chi connectivity index (χ1) is 9.43. The Morgan fingerprint density at radius 1 is 1.05 bits per heavy atom. The van der Waals surface area contributed by atoms with E-state index in [9.17, 15) is 0 Å². The SMILES string of the molecule is Cc1ccc(N(C)c2cc(C)nc(C)c2CN)c(C)c1. The molecule has 106 valence electrons. The fourth-order valence-electron chi connectivity index (χ4n) is 2.70. The van der Waals surface area contributed by atoms with Crippen molar-refractivity contribution in [3.05, 3.63) is 52.3 Å². The third-order valence-corrected chi connectivity index (χ3v) is 3.71. The van der Waals surface area contributed by atoms with E-state index in [1.807, 2.05) is 13.8 Å². The highest BCUT2D eigenvalue weighted by molar-refractivity contribution is 5.69. The first-order valence-electron chi connectivity index (χ1n) is 6.92. The Kier molecular flexibility index (Phi) is 4.09. The Hall–Kier alpha value is -1.87. The van der Waals surface area contributed by atoms with Crippen molar-refractivity contribution in [1.29, 1.82) is 0 Å². The summed E-state index contributed by atoms with van der Waals surface area (Å²) in [7, 11) is 2.09. The van der Waals surface area contributed by atoms with Gasteiger partial charge in [-0.1, -0.05) is 17.7 Å². The largest absolute Gasteiger partial charge is 0.344 e. The predicted molar refractivity (Wildman–Crippen MR) is 85.6 cm³/mol. The molecule has 0 amide bonds. The van der Waals surface area contributed by atoms with Crippen LogP contribution in [0.2, 0.25) is 0 Å². The van der Waals surface area contributed by atoms with Gasteiger partial charge in [0.15, 0.2) is 0 Å². The van der Waals surface area contributed by atoms with E-state index in [1.54, 1.807) is 0 Å². The summed E-state index contributed by atoms with van der Waals surface area (Å²) in [6.45, 7) is 8.80. The number of hydrogen-bond donors (Lipinski definition) is 1. The fourth-order valence-corrected chi connectivity index (χ4v) is 2.70. The van der Waals surface area contributed by atoms with Crippen LogP contribution in [0.1, 0.15) is 28.1 Å². The number of nitrogens with zero attached hydrogens (tertiary/aromatic N) is 2. The lowest BCUT2D eigenvalue weighted by Gasteiger charge is -2.25. The van der Waals surface area contributed by atoms with Crippen LogP contribution in [0.5, 0.6) is 0 Å². The topological polar surface area (TPSA) is 42.2 Å². The zero-order valence-corrected chi connectivity index (χ0v) is 13.0. The van der Waals surface area contributed by atoms with E-state index in [-0.39, 0.29) is 0 Å². The predicted octanol–water partition coefficient (Wildman–Crippen LogP) is 3.54. The molecule has 2 N–H and O–H groups in total. The summed E-state index contributed by atoms with van der Waals surface area (Å²) < 4.78 is 0. The summed E-state index contributed by atoms with van der Waals surface area (Å²) >= 11 is 0. The number of nitrogens with two attached hydrogens (primary N) is 1. The van der Waals surface area contributed by atoms with Crippen molar-refractivity contribution in [2.75, 3.05) is 11.9 Å². The molecule has 0 aliphatic heterocycles. The van der Waals surface area contributed by atoms with E-state index >= 15 is 0 Å². The second kappa shape index (κ2) is 5.63. The third-order valence-electron chi connectivity index (χ3n) is 3.71. The van der Waals surface area contributed by atoms with Crippen molar-refractivity contribution in [1.82, 2.24) is 4.98 Å². The van der Waals surface area contributed by atoms with E-state index in [2.05, 4.69) is 55.0 Å². The normalized spacial score (nSPS) is 10.7. The van der Waals surface area contributed by atoms with Crippen LogP contribution >= 0.6 is 0 Å². The summed E-state index contributed by atoms with van der Waals surface area (Å²) in [5.41, 5.74) is 13.9. The molecule has 0 radical (unpaired) electrons. The van der Waals surface area contributed by atoms with E-state index in [1.165, 1.54) is 16.8 Å². The van der Waals surface area contributed by atoms with E-state index in [4.69, 9.17) is 5.73 Å². The van der Waals surface area contributed by atoms with Gasteiger partial charge in [-0.25, -0.2) is 0 Å². The molecular weight excluding hydrogens is 246 g/mol. The van der Waals surface area contributed by atoms with Crippen molar-refractivity contribution in [2.24, 2.45) is 5.73 Å². The number of benzene rings is 1. The van der Waals surface area contributed by atoms with Crippen LogP contribution < -0.4 is 10.6 Å². The molecule has 0 fully saturated rings. The van der Waals surface area contributed by atoms with Crippen molar-refractivity contribution < 1.29 is 0 Å². The summed E-state index contributed by atoms with van der Waals surface area (Å²) in [6.07, 6.45) is 0. The minimum atomic E-state index is 0.504. The molecule has 3 heteroatoms. The number of rotatable bonds is 3. The number of pyridine rings is 1. The first kappa shape index (κ1) is 14.5. The molecule has 3 nitrogen and oxygen atoms in total. The molecule has 0 unspecified atom stereocenters. The van der Waals surface area contributed by atoms with E-state index in [0.717, 1.165) is 22.6 Å². The monoisotopic (exact) mass is 269 g/mol. The molecule has 0 saturated heterocycles. The highest BCUT2D eigenvalue weighted by Gasteiger charge is 2.14. The zero-order chi connectivity index (χ0) is 14.9. The molecule has 2 rings (SSSR count). The van der Waals surface area contributed by atoms with Crippen molar-refractivity contribution >= 4 is 11.4 Å². The van der Waals surface area contributed by atoms with Gasteiger partial charge in [-0.2, -0.15) is 0 Å². The van der Waals surface area contributed by atoms with Crippen LogP contribution in [0.15, 0.2) is 24.3 Å². The molecule has 0 spiro atoms. The lowest BCUT2D eigenvalue weighted by molar-refractivity contribution is 0.972. The average Bonchev–Trinajstić information content (AvgIpc) is 2.37. The van der Waals surface area contributed by atoms with Crippen LogP contribution in [0.4, 0.5) is 11.4 Å². The maximum Gasteiger partial charge on any atom is 0.0490 e. The Balaban J connectivity index is 2.55. The highest BCUT2D eigenvalue weighted by atomic mass is 15.1. The standard InChI is InChI=1S/C17H23N3/c1-11-6-7-16(12(2)8-11)20(5)17-9-13(3)19-14(4)15(17)10-18/h6-9H,10,18H2,1-5H3. The average molecular weight is 269 g/mol. The third kappa shape index (κ3) is 2.68. The van der Waals surface area contributed by atoms with Gasteiger partial charge in [0.25, 0.3) is 0 Å². The minimum absolute atomic E-state index is 0.504. The van der Waals surface area contributed by atoms with Crippen molar-refractivity contribution in [2.45, 2.75) is 34.2 Å². The molecule has 0 bridgehead atoms. The molecule has 0 aliphatic carbocycles. The molecule has 1 aromatic heterocycles. The Morgan fingerprint density at radius 3 is 2.35 bits per heavy atom. The van der Waals surface area contributed by atoms with E-state index in [0.29, 0.717) is 6.54 Å². The number of aryl methyl sites for hydroxylation is 4. The van der Waals surface area contributed by atoms with E-state index < -0.39 is 0 Å². The zero-order valence-electron chi connectivity index (χ0n) is 13.0. The Morgan fingerprint density at radius 2 is 1.75 bits per heavy atom. The van der Waals surface area contributed by atoms with Crippen LogP contribution in [0.3, 0.4) is 0 Å². The lowest BCUT2D eigenvalue weighted by Crippen LogP contribution is -2.16. The Bertz CT molecular complexity index is 632. The number of aromatic nitrogens is 1. The molecule has 0 aliphatic rings. The van der Waals surface area contributed by atoms with Crippen molar-refractivity contribution in [3.8, 4) is 0 Å². The number of anilines is 2. The quantitative estimate of drug-likeness (QED) is 0.926. The molecule has 0 saturated carbocycles. The van der Waals surface area contributed by atoms with Crippen molar-refractivity contribution in [3.63, 3.8) is 0 Å². The van der Waals surface area contributed by atoms with Gasteiger partial charge in [-0.15, -0.1) is 0 Å². The maximum absolute atomic E-state index is 5.91. The van der Waals surface area contributed by atoms with Crippen LogP contribution in [-0.4, -0.2) is 12.0 Å². The molecule has 1 heterocycles. The van der Waals surface area contributed by atoms with Gasteiger partial charge in [0.05, 0.1) is 0 Å². The van der Waals surface area contributed by atoms with Gasteiger partial charge in [0.1, 0.15) is 0 Å². The van der Waals surface area contributed by atoms with Gasteiger partial charge in [0.2, 0.25) is 0 Å². The molecular formula is C17H23N3. The summed E-state index contributed by atoms with van der Waals surface area (Å²) in [4.78, 5) is 6.72. The molecule has 20 heavy (non-hydrogen) atoms. The van der Waals surface area contributed by atoms with Crippen LogP contribution in [0, 0.1) is 27.7 Å². The maximum atomic E-state index is 5.91. The molecule has 0 atom stereocenters. The van der Waals surface area contributed by atoms with Gasteiger partial charge < -0.3 is 10.6 Å². The first-order valence-corrected chi connectivity index (χ1v) is 6.92. The van der Waals surface area contributed by atoms with Gasteiger partial charge in [-0.05, 0) is 45.4 Å². The Labute approximate surface area is 121 Å². The smallest absolute Gasteiger partial charge is 0.0490 e. The minimum Gasteiger partial charge on any atom is -0.344 e. The van der Waals surface area contributed by atoms with Gasteiger partial charge >= 0.3 is 0 Å². The molecule has 2 aromatic rings. The lowest BCUT2D eigenvalue weighted by atomic mass is 10.1. The van der Waals surface area contributed by atoms with Gasteiger partial charge in [0, 0.05) is 41.9 Å². The molecule has 1 aromatic carbocycles. The summed E-state index contributed by atoms with van der Waals surface area (Å²) in [5, 5.41) is 0. The van der Waals surface area contributed by atoms with Crippen LogP contribution in [-0.2, 0) is 6.54 Å². The summed E-state index contributed by atoms with van der Waals surface area (Å²) in [5.74, 6) is 0. The van der Waals surface area contributed by atoms with Gasteiger partial charge in [-0.3, -0.25) is 4.98 Å². The van der Waals surface area contributed by atoms with Crippen LogP contribution in [0.25, 0.3) is 0 Å². The fraction of sp³-hybridized carbons (Fsp3) is 0.353.